The second kappa shape index (κ2) is 4.98. The zero-order chi connectivity index (χ0) is 10.5. The Labute approximate surface area is 77.1 Å². The maximum Gasteiger partial charge on any atom is 0.333 e. The number of carbonyl (C=O) groups excluding carboxylic acids is 1. The zero-order valence-electron chi connectivity index (χ0n) is 7.48. The van der Waals surface area contributed by atoms with Crippen LogP contribution in [0.15, 0.2) is 11.6 Å². The molecular weight excluding hydrogens is 196 g/mol. The quantitative estimate of drug-likeness (QED) is 0.410. The Bertz CT molecular complexity index is 301. The molecule has 5 nitrogen and oxygen atoms in total. The molecule has 0 aromatic rings. The number of esters is 1. The normalized spacial score (nSPS) is 12.7. The highest BCUT2D eigenvalue weighted by Gasteiger charge is 2.05. The van der Waals surface area contributed by atoms with Crippen LogP contribution in [0.25, 0.3) is 0 Å². The Morgan fingerprint density at radius 2 is 2.08 bits per heavy atom. The third-order valence-corrected chi connectivity index (χ3v) is 2.09. The third-order valence-electron chi connectivity index (χ3n) is 1.33. The Morgan fingerprint density at radius 1 is 1.54 bits per heavy atom. The van der Waals surface area contributed by atoms with Gasteiger partial charge in [0.15, 0.2) is 0 Å². The average Bonchev–Trinajstić information content (AvgIpc) is 2.00. The van der Waals surface area contributed by atoms with Crippen molar-refractivity contribution in [1.29, 1.82) is 0 Å². The Kier molecular flexibility index (Phi) is 4.64. The summed E-state index contributed by atoms with van der Waals surface area (Å²) in [7, 11) is -2.71. The fraction of sp³-hybridized carbons (Fsp3) is 0.571. The first kappa shape index (κ1) is 12.1. The first-order valence-electron chi connectivity index (χ1n) is 3.57. The second-order valence-electron chi connectivity index (χ2n) is 2.45. The molecule has 0 atom stereocenters. The van der Waals surface area contributed by atoms with E-state index in [0.29, 0.717) is 5.57 Å². The summed E-state index contributed by atoms with van der Waals surface area (Å²) in [5.41, 5.74) is 0.325. The SMILES string of the molecule is COC(=O)C(C)=CCCS(=O)(=O)O. The number of ether oxygens (including phenoxy) is 1. The molecule has 76 valence electrons. The Morgan fingerprint density at radius 3 is 2.46 bits per heavy atom. The summed E-state index contributed by atoms with van der Waals surface area (Å²) < 4.78 is 33.3. The van der Waals surface area contributed by atoms with Gasteiger partial charge < -0.3 is 4.74 Å². The number of carbonyl (C=O) groups is 1. The van der Waals surface area contributed by atoms with E-state index in [0.717, 1.165) is 0 Å². The van der Waals surface area contributed by atoms with Crippen LogP contribution < -0.4 is 0 Å². The molecule has 0 amide bonds. The van der Waals surface area contributed by atoms with E-state index < -0.39 is 16.1 Å². The lowest BCUT2D eigenvalue weighted by atomic mass is 10.2. The van der Waals surface area contributed by atoms with Gasteiger partial charge in [-0.05, 0) is 13.3 Å². The van der Waals surface area contributed by atoms with E-state index in [2.05, 4.69) is 4.74 Å². The molecule has 0 spiro atoms. The summed E-state index contributed by atoms with van der Waals surface area (Å²) in [5, 5.41) is 0. The minimum Gasteiger partial charge on any atom is -0.466 e. The highest BCUT2D eigenvalue weighted by atomic mass is 32.2. The van der Waals surface area contributed by atoms with Gasteiger partial charge in [-0.1, -0.05) is 6.08 Å². The molecule has 0 aliphatic rings. The van der Waals surface area contributed by atoms with E-state index in [9.17, 15) is 13.2 Å². The van der Waals surface area contributed by atoms with Crippen LogP contribution in [0.4, 0.5) is 0 Å². The summed E-state index contributed by atoms with van der Waals surface area (Å²) in [4.78, 5) is 10.8. The highest BCUT2D eigenvalue weighted by Crippen LogP contribution is 1.99. The molecule has 0 heterocycles. The molecule has 0 saturated carbocycles. The van der Waals surface area contributed by atoms with Crippen LogP contribution in [-0.2, 0) is 19.6 Å². The molecule has 0 unspecified atom stereocenters. The molecule has 13 heavy (non-hydrogen) atoms. The minimum atomic E-state index is -3.95. The van der Waals surface area contributed by atoms with Crippen molar-refractivity contribution < 1.29 is 22.5 Å². The van der Waals surface area contributed by atoms with Gasteiger partial charge in [-0.15, -0.1) is 0 Å². The van der Waals surface area contributed by atoms with Gasteiger partial charge >= 0.3 is 5.97 Å². The molecule has 0 rings (SSSR count). The number of methoxy groups -OCH3 is 1. The summed E-state index contributed by atoms with van der Waals surface area (Å²) in [5.74, 6) is -0.892. The van der Waals surface area contributed by atoms with Crippen molar-refractivity contribution in [3.63, 3.8) is 0 Å². The van der Waals surface area contributed by atoms with E-state index in [1.165, 1.54) is 20.1 Å². The van der Waals surface area contributed by atoms with E-state index >= 15 is 0 Å². The summed E-state index contributed by atoms with van der Waals surface area (Å²) in [6.07, 6.45) is 1.50. The van der Waals surface area contributed by atoms with E-state index in [-0.39, 0.29) is 12.2 Å². The standard InChI is InChI=1S/C7H12O5S/c1-6(7(8)12-2)4-3-5-13(9,10)11/h4H,3,5H2,1-2H3,(H,9,10,11). The third kappa shape index (κ3) is 6.30. The van der Waals surface area contributed by atoms with Crippen LogP contribution in [0.2, 0.25) is 0 Å². The van der Waals surface area contributed by atoms with Crippen LogP contribution in [0.3, 0.4) is 0 Å². The van der Waals surface area contributed by atoms with Gasteiger partial charge in [-0.3, -0.25) is 4.55 Å². The molecular formula is C7H12O5S. The van der Waals surface area contributed by atoms with Crippen LogP contribution in [0.1, 0.15) is 13.3 Å². The first-order chi connectivity index (χ1) is 5.87. The van der Waals surface area contributed by atoms with Gasteiger partial charge in [0.2, 0.25) is 0 Å². The Hall–Kier alpha value is -0.880. The van der Waals surface area contributed by atoms with Gasteiger partial charge in [0.05, 0.1) is 12.9 Å². The molecule has 1 N–H and O–H groups in total. The predicted molar refractivity (Wildman–Crippen MR) is 46.8 cm³/mol. The van der Waals surface area contributed by atoms with Crippen LogP contribution in [0, 0.1) is 0 Å². The van der Waals surface area contributed by atoms with Crippen molar-refractivity contribution in [1.82, 2.24) is 0 Å². The van der Waals surface area contributed by atoms with E-state index in [4.69, 9.17) is 4.55 Å². The van der Waals surface area contributed by atoms with Crippen molar-refractivity contribution in [3.05, 3.63) is 11.6 Å². The van der Waals surface area contributed by atoms with Crippen molar-refractivity contribution in [2.45, 2.75) is 13.3 Å². The molecule has 0 radical (unpaired) electrons. The van der Waals surface area contributed by atoms with Gasteiger partial charge in [0.1, 0.15) is 0 Å². The number of hydrogen-bond donors (Lipinski definition) is 1. The highest BCUT2D eigenvalue weighted by molar-refractivity contribution is 7.85. The Balaban J connectivity index is 4.07. The molecule has 0 saturated heterocycles. The minimum absolute atomic E-state index is 0.0970. The molecule has 0 aromatic heterocycles. The van der Waals surface area contributed by atoms with Gasteiger partial charge in [-0.2, -0.15) is 8.42 Å². The maximum atomic E-state index is 10.8. The van der Waals surface area contributed by atoms with Crippen LogP contribution >= 0.6 is 0 Å². The van der Waals surface area contributed by atoms with Gasteiger partial charge in [-0.25, -0.2) is 4.79 Å². The predicted octanol–water partition coefficient (Wildman–Crippen LogP) is 0.384. The van der Waals surface area contributed by atoms with E-state index in [1.807, 2.05) is 0 Å². The summed E-state index contributed by atoms with van der Waals surface area (Å²) in [6, 6.07) is 0. The summed E-state index contributed by atoms with van der Waals surface area (Å²) in [6.45, 7) is 1.51. The molecule has 0 bridgehead atoms. The molecule has 0 aliphatic heterocycles. The molecule has 0 fully saturated rings. The van der Waals surface area contributed by atoms with Crippen molar-refractivity contribution in [2.24, 2.45) is 0 Å². The molecule has 0 aromatic carbocycles. The first-order valence-corrected chi connectivity index (χ1v) is 5.18. The fourth-order valence-electron chi connectivity index (χ4n) is 0.669. The van der Waals surface area contributed by atoms with Crippen molar-refractivity contribution in [3.8, 4) is 0 Å². The van der Waals surface area contributed by atoms with Gasteiger partial charge in [0, 0.05) is 5.57 Å². The van der Waals surface area contributed by atoms with Gasteiger partial charge in [0.25, 0.3) is 10.1 Å². The van der Waals surface area contributed by atoms with Crippen molar-refractivity contribution in [2.75, 3.05) is 12.9 Å². The maximum absolute atomic E-state index is 10.8. The zero-order valence-corrected chi connectivity index (χ0v) is 8.30. The monoisotopic (exact) mass is 208 g/mol. The average molecular weight is 208 g/mol. The number of allylic oxidation sites excluding steroid dienone is 1. The fourth-order valence-corrected chi connectivity index (χ4v) is 1.08. The topological polar surface area (TPSA) is 80.7 Å². The second-order valence-corrected chi connectivity index (χ2v) is 4.03. The number of rotatable bonds is 4. The lowest BCUT2D eigenvalue weighted by Crippen LogP contribution is -2.05. The largest absolute Gasteiger partial charge is 0.466 e. The number of hydrogen-bond acceptors (Lipinski definition) is 4. The summed E-state index contributed by atoms with van der Waals surface area (Å²) >= 11 is 0. The van der Waals surface area contributed by atoms with Crippen LogP contribution in [-0.4, -0.2) is 31.8 Å². The van der Waals surface area contributed by atoms with Crippen LogP contribution in [0.5, 0.6) is 0 Å². The smallest absolute Gasteiger partial charge is 0.333 e. The van der Waals surface area contributed by atoms with E-state index in [1.54, 1.807) is 0 Å². The molecule has 0 aliphatic carbocycles. The lowest BCUT2D eigenvalue weighted by Gasteiger charge is -1.97. The molecule has 6 heteroatoms. The van der Waals surface area contributed by atoms with Crippen molar-refractivity contribution >= 4 is 16.1 Å². The lowest BCUT2D eigenvalue weighted by molar-refractivity contribution is -0.136.